The maximum atomic E-state index is 5.60. The van der Waals surface area contributed by atoms with Gasteiger partial charge in [0, 0.05) is 13.7 Å². The molecule has 0 radical (unpaired) electrons. The van der Waals surface area contributed by atoms with Gasteiger partial charge in [0.1, 0.15) is 0 Å². The number of hydrogen-bond donors (Lipinski definition) is 0. The Morgan fingerprint density at radius 1 is 0.303 bits per heavy atom. The molecule has 0 spiro atoms. The van der Waals surface area contributed by atoms with Gasteiger partial charge in [0.05, 0.1) is 92.5 Å². The highest BCUT2D eigenvalue weighted by molar-refractivity contribution is 4.46. The smallest absolute Gasteiger partial charge is 0.0701 e. The van der Waals surface area contributed by atoms with E-state index >= 15 is 0 Å². The average molecular weight is 481 g/mol. The predicted molar refractivity (Wildman–Crippen MR) is 130 cm³/mol. The molecule has 0 aromatic rings. The predicted octanol–water partition coefficient (Wildman–Crippen LogP) is 3.89. The SMILES string of the molecule is CCCCCCCCCCOCCOCCOCCOCCOCCOCCOCCOC. The lowest BCUT2D eigenvalue weighted by molar-refractivity contribution is -0.0221. The van der Waals surface area contributed by atoms with Gasteiger partial charge >= 0.3 is 0 Å². The van der Waals surface area contributed by atoms with Crippen LogP contribution in [-0.4, -0.2) is 106 Å². The Morgan fingerprint density at radius 2 is 0.576 bits per heavy atom. The van der Waals surface area contributed by atoms with Gasteiger partial charge in [0.2, 0.25) is 0 Å². The number of methoxy groups -OCH3 is 1. The second kappa shape index (κ2) is 31.7. The molecule has 0 rings (SSSR count). The molecule has 0 unspecified atom stereocenters. The van der Waals surface area contributed by atoms with Gasteiger partial charge in [0.15, 0.2) is 0 Å². The van der Waals surface area contributed by atoms with Gasteiger partial charge in [-0.1, -0.05) is 51.9 Å². The average Bonchev–Trinajstić information content (AvgIpc) is 2.83. The van der Waals surface area contributed by atoms with Crippen LogP contribution in [-0.2, 0) is 37.9 Å². The van der Waals surface area contributed by atoms with Crippen LogP contribution in [0.2, 0.25) is 0 Å². The highest BCUT2D eigenvalue weighted by atomic mass is 16.6. The summed E-state index contributed by atoms with van der Waals surface area (Å²) in [6.45, 7) is 11.2. The second-order valence-electron chi connectivity index (χ2n) is 7.75. The van der Waals surface area contributed by atoms with E-state index in [9.17, 15) is 0 Å². The van der Waals surface area contributed by atoms with E-state index in [0.29, 0.717) is 92.5 Å². The van der Waals surface area contributed by atoms with Crippen molar-refractivity contribution in [1.29, 1.82) is 0 Å². The summed E-state index contributed by atoms with van der Waals surface area (Å²) in [6, 6.07) is 0. The van der Waals surface area contributed by atoms with E-state index in [1.54, 1.807) is 7.11 Å². The molecule has 0 amide bonds. The van der Waals surface area contributed by atoms with Gasteiger partial charge < -0.3 is 37.9 Å². The van der Waals surface area contributed by atoms with Gasteiger partial charge in [0.25, 0.3) is 0 Å². The monoisotopic (exact) mass is 480 g/mol. The van der Waals surface area contributed by atoms with E-state index in [-0.39, 0.29) is 0 Å². The largest absolute Gasteiger partial charge is 0.382 e. The molecule has 8 nitrogen and oxygen atoms in total. The minimum absolute atomic E-state index is 0.551. The lowest BCUT2D eigenvalue weighted by atomic mass is 10.1. The number of ether oxygens (including phenoxy) is 8. The van der Waals surface area contributed by atoms with E-state index in [4.69, 9.17) is 37.9 Å². The molecule has 0 atom stereocenters. The van der Waals surface area contributed by atoms with Crippen molar-refractivity contribution in [2.24, 2.45) is 0 Å². The van der Waals surface area contributed by atoms with E-state index in [1.165, 1.54) is 44.9 Å². The Labute approximate surface area is 202 Å². The van der Waals surface area contributed by atoms with Gasteiger partial charge in [-0.25, -0.2) is 0 Å². The number of rotatable bonds is 30. The summed E-state index contributed by atoms with van der Waals surface area (Å²) in [5, 5.41) is 0. The standard InChI is InChI=1S/C25H52O8/c1-3-4-5-6-7-8-9-10-11-27-14-15-29-18-19-31-22-23-33-25-24-32-21-20-30-17-16-28-13-12-26-2/h3-25H2,1-2H3. The highest BCUT2D eigenvalue weighted by Gasteiger charge is 1.95. The third kappa shape index (κ3) is 31.7. The van der Waals surface area contributed by atoms with Crippen LogP contribution in [0.5, 0.6) is 0 Å². The Kier molecular flexibility index (Phi) is 31.4. The lowest BCUT2D eigenvalue weighted by Gasteiger charge is -2.08. The molecule has 0 aliphatic carbocycles. The summed E-state index contributed by atoms with van der Waals surface area (Å²) in [4.78, 5) is 0. The fraction of sp³-hybridized carbons (Fsp3) is 1.00. The van der Waals surface area contributed by atoms with Crippen molar-refractivity contribution >= 4 is 0 Å². The Balaban J connectivity index is 2.99. The fourth-order valence-electron chi connectivity index (χ4n) is 2.90. The molecule has 0 saturated carbocycles. The molecule has 0 heterocycles. The normalized spacial score (nSPS) is 11.5. The van der Waals surface area contributed by atoms with Crippen molar-refractivity contribution < 1.29 is 37.9 Å². The van der Waals surface area contributed by atoms with Crippen LogP contribution < -0.4 is 0 Å². The van der Waals surface area contributed by atoms with Crippen LogP contribution in [0, 0.1) is 0 Å². The Bertz CT molecular complexity index is 304. The maximum absolute atomic E-state index is 5.60. The van der Waals surface area contributed by atoms with E-state index in [1.807, 2.05) is 0 Å². The molecule has 0 aromatic heterocycles. The Hall–Kier alpha value is -0.320. The first-order valence-electron chi connectivity index (χ1n) is 12.9. The topological polar surface area (TPSA) is 73.8 Å². The summed E-state index contributed by atoms with van der Waals surface area (Å²) in [5.74, 6) is 0. The summed E-state index contributed by atoms with van der Waals surface area (Å²) in [6.07, 6.45) is 10.6. The quantitative estimate of drug-likeness (QED) is 0.143. The zero-order valence-corrected chi connectivity index (χ0v) is 21.5. The minimum atomic E-state index is 0.551. The highest BCUT2D eigenvalue weighted by Crippen LogP contribution is 2.08. The zero-order chi connectivity index (χ0) is 23.9. The minimum Gasteiger partial charge on any atom is -0.382 e. The van der Waals surface area contributed by atoms with Gasteiger partial charge in [-0.15, -0.1) is 0 Å². The molecule has 0 saturated heterocycles. The summed E-state index contributed by atoms with van der Waals surface area (Å²) in [5.41, 5.74) is 0. The van der Waals surface area contributed by atoms with Crippen molar-refractivity contribution in [3.63, 3.8) is 0 Å². The van der Waals surface area contributed by atoms with Crippen molar-refractivity contribution in [2.45, 2.75) is 58.3 Å². The van der Waals surface area contributed by atoms with E-state index in [2.05, 4.69) is 6.92 Å². The molecule has 0 aliphatic rings. The van der Waals surface area contributed by atoms with Crippen molar-refractivity contribution in [1.82, 2.24) is 0 Å². The molecular formula is C25H52O8. The van der Waals surface area contributed by atoms with Crippen LogP contribution in [0.1, 0.15) is 58.3 Å². The first-order valence-corrected chi connectivity index (χ1v) is 12.9. The second-order valence-corrected chi connectivity index (χ2v) is 7.75. The van der Waals surface area contributed by atoms with Gasteiger partial charge in [-0.05, 0) is 6.42 Å². The molecule has 0 fully saturated rings. The van der Waals surface area contributed by atoms with E-state index in [0.717, 1.165) is 13.0 Å². The number of unbranched alkanes of at least 4 members (excludes halogenated alkanes) is 7. The molecular weight excluding hydrogens is 428 g/mol. The van der Waals surface area contributed by atoms with Crippen molar-refractivity contribution in [3.05, 3.63) is 0 Å². The van der Waals surface area contributed by atoms with Crippen LogP contribution in [0.25, 0.3) is 0 Å². The molecule has 0 aliphatic heterocycles. The number of hydrogen-bond acceptors (Lipinski definition) is 8. The molecule has 8 heteroatoms. The summed E-state index contributed by atoms with van der Waals surface area (Å²) < 4.78 is 43.0. The van der Waals surface area contributed by atoms with Crippen LogP contribution in [0.4, 0.5) is 0 Å². The maximum Gasteiger partial charge on any atom is 0.0701 e. The van der Waals surface area contributed by atoms with E-state index < -0.39 is 0 Å². The van der Waals surface area contributed by atoms with Gasteiger partial charge in [-0.3, -0.25) is 0 Å². The molecule has 200 valence electrons. The van der Waals surface area contributed by atoms with Crippen LogP contribution in [0.15, 0.2) is 0 Å². The molecule has 0 aromatic carbocycles. The first kappa shape index (κ1) is 32.7. The molecule has 33 heavy (non-hydrogen) atoms. The zero-order valence-electron chi connectivity index (χ0n) is 21.5. The fourth-order valence-corrected chi connectivity index (χ4v) is 2.90. The summed E-state index contributed by atoms with van der Waals surface area (Å²) in [7, 11) is 1.65. The third-order valence-corrected chi connectivity index (χ3v) is 4.81. The van der Waals surface area contributed by atoms with Crippen LogP contribution >= 0.6 is 0 Å². The van der Waals surface area contributed by atoms with Crippen LogP contribution in [0.3, 0.4) is 0 Å². The van der Waals surface area contributed by atoms with Crippen molar-refractivity contribution in [2.75, 3.05) is 106 Å². The lowest BCUT2D eigenvalue weighted by Crippen LogP contribution is -2.14. The first-order chi connectivity index (χ1) is 16.4. The molecule has 0 N–H and O–H groups in total. The Morgan fingerprint density at radius 3 is 0.909 bits per heavy atom. The molecule has 0 bridgehead atoms. The van der Waals surface area contributed by atoms with Gasteiger partial charge in [-0.2, -0.15) is 0 Å². The third-order valence-electron chi connectivity index (χ3n) is 4.81. The summed E-state index contributed by atoms with van der Waals surface area (Å²) >= 11 is 0. The van der Waals surface area contributed by atoms with Crippen molar-refractivity contribution in [3.8, 4) is 0 Å².